The zero-order chi connectivity index (χ0) is 13.3. The molecule has 0 bridgehead atoms. The molecule has 1 N–H and O–H groups in total. The fourth-order valence-electron chi connectivity index (χ4n) is 1.62. The average Bonchev–Trinajstić information content (AvgIpc) is 2.34. The van der Waals surface area contributed by atoms with Crippen molar-refractivity contribution in [3.8, 4) is 0 Å². The highest BCUT2D eigenvalue weighted by molar-refractivity contribution is 9.10. The molecule has 0 atom stereocenters. The topological polar surface area (TPSA) is 20.2 Å². The van der Waals surface area contributed by atoms with E-state index in [9.17, 15) is 13.9 Å². The van der Waals surface area contributed by atoms with Crippen LogP contribution in [0.2, 0.25) is 0 Å². The summed E-state index contributed by atoms with van der Waals surface area (Å²) in [4.78, 5) is 0. The highest BCUT2D eigenvalue weighted by Gasteiger charge is 2.19. The van der Waals surface area contributed by atoms with Gasteiger partial charge in [0.1, 0.15) is 17.7 Å². The van der Waals surface area contributed by atoms with Crippen molar-refractivity contribution in [2.75, 3.05) is 0 Å². The van der Waals surface area contributed by atoms with Gasteiger partial charge in [0.05, 0.1) is 0 Å². The molecule has 1 nitrogen and oxygen atoms in total. The Hall–Kier alpha value is -0.780. The molecule has 0 radical (unpaired) electrons. The van der Waals surface area contributed by atoms with E-state index in [0.717, 1.165) is 0 Å². The minimum atomic E-state index is -1.35. The monoisotopic (exact) mass is 376 g/mol. The third kappa shape index (κ3) is 2.79. The summed E-state index contributed by atoms with van der Waals surface area (Å²) in [6.45, 7) is 0. The van der Waals surface area contributed by atoms with Gasteiger partial charge in [-0.3, -0.25) is 0 Å². The van der Waals surface area contributed by atoms with Crippen LogP contribution in [0.3, 0.4) is 0 Å². The fourth-order valence-corrected chi connectivity index (χ4v) is 2.37. The number of hydrogen-bond acceptors (Lipinski definition) is 1. The molecule has 0 aliphatic rings. The molecule has 0 saturated heterocycles. The van der Waals surface area contributed by atoms with E-state index in [1.165, 1.54) is 36.4 Å². The number of hydrogen-bond donors (Lipinski definition) is 1. The first-order valence-electron chi connectivity index (χ1n) is 5.07. The Labute approximate surface area is 120 Å². The van der Waals surface area contributed by atoms with E-state index >= 15 is 0 Å². The van der Waals surface area contributed by atoms with Crippen LogP contribution in [0.15, 0.2) is 45.3 Å². The van der Waals surface area contributed by atoms with Gasteiger partial charge in [-0.25, -0.2) is 8.78 Å². The summed E-state index contributed by atoms with van der Waals surface area (Å²) in [6, 6.07) is 8.34. The Kier molecular flexibility index (Phi) is 4.14. The maximum atomic E-state index is 13.6. The van der Waals surface area contributed by atoms with Crippen molar-refractivity contribution < 1.29 is 13.9 Å². The van der Waals surface area contributed by atoms with Gasteiger partial charge in [-0.15, -0.1) is 0 Å². The maximum Gasteiger partial charge on any atom is 0.129 e. The number of halogens is 4. The smallest absolute Gasteiger partial charge is 0.129 e. The molecule has 0 aromatic heterocycles. The van der Waals surface area contributed by atoms with E-state index in [1.807, 2.05) is 0 Å². The second-order valence-corrected chi connectivity index (χ2v) is 5.57. The number of benzene rings is 2. The van der Waals surface area contributed by atoms with Gasteiger partial charge < -0.3 is 5.11 Å². The minimum Gasteiger partial charge on any atom is -0.383 e. The summed E-state index contributed by atoms with van der Waals surface area (Å²) < 4.78 is 28.5. The molecule has 0 fully saturated rings. The Morgan fingerprint density at radius 1 is 0.833 bits per heavy atom. The fraction of sp³-hybridized carbons (Fsp3) is 0.0769. The molecule has 0 amide bonds. The molecular formula is C13H8Br2F2O. The van der Waals surface area contributed by atoms with Crippen LogP contribution in [-0.4, -0.2) is 5.11 Å². The van der Waals surface area contributed by atoms with Crippen molar-refractivity contribution in [1.29, 1.82) is 0 Å². The predicted octanol–water partition coefficient (Wildman–Crippen LogP) is 4.57. The standard InChI is InChI=1S/C13H8Br2F2O/c14-7-1-3-11(16)9(5-7)13(18)10-6-8(15)2-4-12(10)17/h1-6,13,18H. The van der Waals surface area contributed by atoms with Gasteiger partial charge in [-0.1, -0.05) is 31.9 Å². The molecule has 2 aromatic carbocycles. The summed E-state index contributed by atoms with van der Waals surface area (Å²) in [5, 5.41) is 10.1. The van der Waals surface area contributed by atoms with Gasteiger partial charge >= 0.3 is 0 Å². The second-order valence-electron chi connectivity index (χ2n) is 3.73. The first-order valence-corrected chi connectivity index (χ1v) is 6.65. The van der Waals surface area contributed by atoms with E-state index in [4.69, 9.17) is 0 Å². The molecule has 5 heteroatoms. The van der Waals surface area contributed by atoms with Gasteiger partial charge in [0.25, 0.3) is 0 Å². The van der Waals surface area contributed by atoms with Crippen molar-refractivity contribution in [2.45, 2.75) is 6.10 Å². The van der Waals surface area contributed by atoms with E-state index < -0.39 is 17.7 Å². The van der Waals surface area contributed by atoms with E-state index in [1.54, 1.807) is 0 Å². The Balaban J connectivity index is 2.50. The van der Waals surface area contributed by atoms with Gasteiger partial charge in [-0.05, 0) is 36.4 Å². The summed E-state index contributed by atoms with van der Waals surface area (Å²) in [5.74, 6) is -1.16. The van der Waals surface area contributed by atoms with Crippen molar-refractivity contribution >= 4 is 31.9 Å². The van der Waals surface area contributed by atoms with Crippen LogP contribution in [-0.2, 0) is 0 Å². The third-order valence-corrected chi connectivity index (χ3v) is 3.49. The molecule has 18 heavy (non-hydrogen) atoms. The van der Waals surface area contributed by atoms with Crippen molar-refractivity contribution in [3.63, 3.8) is 0 Å². The predicted molar refractivity (Wildman–Crippen MR) is 72.3 cm³/mol. The van der Waals surface area contributed by atoms with Gasteiger partial charge in [-0.2, -0.15) is 0 Å². The largest absolute Gasteiger partial charge is 0.383 e. The zero-order valence-corrected chi connectivity index (χ0v) is 12.2. The van der Waals surface area contributed by atoms with E-state index in [2.05, 4.69) is 31.9 Å². The van der Waals surface area contributed by atoms with Gasteiger partial charge in [0, 0.05) is 20.1 Å². The van der Waals surface area contributed by atoms with Crippen LogP contribution < -0.4 is 0 Å². The highest BCUT2D eigenvalue weighted by Crippen LogP contribution is 2.30. The summed E-state index contributed by atoms with van der Waals surface area (Å²) >= 11 is 6.38. The number of aliphatic hydroxyl groups is 1. The molecule has 0 aliphatic heterocycles. The molecule has 0 aliphatic carbocycles. The van der Waals surface area contributed by atoms with Crippen LogP contribution in [0.1, 0.15) is 17.2 Å². The van der Waals surface area contributed by atoms with Crippen molar-refractivity contribution in [3.05, 3.63) is 68.1 Å². The molecule has 0 spiro atoms. The first kappa shape index (κ1) is 13.6. The average molecular weight is 378 g/mol. The van der Waals surface area contributed by atoms with E-state index in [0.29, 0.717) is 8.95 Å². The van der Waals surface area contributed by atoms with Gasteiger partial charge in [0.15, 0.2) is 0 Å². The molecule has 0 unspecified atom stereocenters. The summed E-state index contributed by atoms with van der Waals surface area (Å²) in [7, 11) is 0. The molecule has 0 heterocycles. The summed E-state index contributed by atoms with van der Waals surface area (Å²) in [5.41, 5.74) is 0.0581. The van der Waals surface area contributed by atoms with Crippen molar-refractivity contribution in [1.82, 2.24) is 0 Å². The second kappa shape index (κ2) is 5.47. The number of aliphatic hydroxyl groups excluding tert-OH is 1. The normalized spacial score (nSPS) is 11.0. The summed E-state index contributed by atoms with van der Waals surface area (Å²) in [6.07, 6.45) is -1.35. The third-order valence-electron chi connectivity index (χ3n) is 2.51. The van der Waals surface area contributed by atoms with Crippen LogP contribution >= 0.6 is 31.9 Å². The van der Waals surface area contributed by atoms with Crippen molar-refractivity contribution in [2.24, 2.45) is 0 Å². The molecule has 94 valence electrons. The molecular weight excluding hydrogens is 370 g/mol. The first-order chi connectivity index (χ1) is 8.49. The maximum absolute atomic E-state index is 13.6. The lowest BCUT2D eigenvalue weighted by molar-refractivity contribution is 0.209. The Bertz CT molecular complexity index is 536. The lowest BCUT2D eigenvalue weighted by Crippen LogP contribution is -2.05. The molecule has 2 rings (SSSR count). The SMILES string of the molecule is OC(c1cc(Br)ccc1F)c1cc(Br)ccc1F. The molecule has 0 saturated carbocycles. The minimum absolute atomic E-state index is 0.0291. The van der Waals surface area contributed by atoms with Gasteiger partial charge in [0.2, 0.25) is 0 Å². The van der Waals surface area contributed by atoms with Crippen LogP contribution in [0.4, 0.5) is 8.78 Å². The van der Waals surface area contributed by atoms with Crippen LogP contribution in [0.5, 0.6) is 0 Å². The highest BCUT2D eigenvalue weighted by atomic mass is 79.9. The van der Waals surface area contributed by atoms with E-state index in [-0.39, 0.29) is 11.1 Å². The number of rotatable bonds is 2. The molecule has 2 aromatic rings. The zero-order valence-electron chi connectivity index (χ0n) is 9.00. The van der Waals surface area contributed by atoms with Crippen LogP contribution in [0, 0.1) is 11.6 Å². The lowest BCUT2D eigenvalue weighted by Gasteiger charge is -2.14. The lowest BCUT2D eigenvalue weighted by atomic mass is 10.0. The Morgan fingerprint density at radius 2 is 1.22 bits per heavy atom. The van der Waals surface area contributed by atoms with Crippen LogP contribution in [0.25, 0.3) is 0 Å². The Morgan fingerprint density at radius 3 is 1.61 bits per heavy atom. The quantitative estimate of drug-likeness (QED) is 0.812.